The second-order valence-corrected chi connectivity index (χ2v) is 4.28. The third-order valence-corrected chi connectivity index (χ3v) is 2.81. The number of nitrogens with zero attached hydrogens (tertiary/aromatic N) is 3. The normalized spacial score (nSPS) is 10.4. The summed E-state index contributed by atoms with van der Waals surface area (Å²) in [5, 5.41) is 3.25. The third kappa shape index (κ3) is 3.71. The largest absolute Gasteiger partial charge is 0.467 e. The van der Waals surface area contributed by atoms with Crippen LogP contribution in [0.4, 0.5) is 11.6 Å². The molecule has 5 heteroatoms. The van der Waals surface area contributed by atoms with Gasteiger partial charge in [-0.05, 0) is 25.5 Å². The monoisotopic (exact) mass is 260 g/mol. The summed E-state index contributed by atoms with van der Waals surface area (Å²) in [6.07, 6.45) is 6.29. The Morgan fingerprint density at radius 3 is 2.89 bits per heavy atom. The molecule has 0 aromatic carbocycles. The lowest BCUT2D eigenvalue weighted by atomic mass is 10.4. The molecule has 0 saturated carbocycles. The van der Waals surface area contributed by atoms with E-state index in [0.717, 1.165) is 36.9 Å². The smallest absolute Gasteiger partial charge is 0.149 e. The molecular weight excluding hydrogens is 240 g/mol. The fourth-order valence-corrected chi connectivity index (χ4v) is 1.79. The van der Waals surface area contributed by atoms with E-state index in [1.54, 1.807) is 18.7 Å². The average molecular weight is 260 g/mol. The van der Waals surface area contributed by atoms with Crippen molar-refractivity contribution in [2.75, 3.05) is 23.3 Å². The van der Waals surface area contributed by atoms with Crippen LogP contribution in [0.2, 0.25) is 0 Å². The zero-order valence-corrected chi connectivity index (χ0v) is 11.5. The minimum atomic E-state index is 0.704. The van der Waals surface area contributed by atoms with E-state index in [9.17, 15) is 0 Å². The third-order valence-electron chi connectivity index (χ3n) is 2.81. The van der Waals surface area contributed by atoms with Crippen molar-refractivity contribution < 1.29 is 4.42 Å². The number of anilines is 2. The number of nitrogens with one attached hydrogen (secondary N) is 1. The zero-order chi connectivity index (χ0) is 13.5. The maximum Gasteiger partial charge on any atom is 0.149 e. The molecule has 2 heterocycles. The van der Waals surface area contributed by atoms with Crippen LogP contribution in [-0.2, 0) is 6.54 Å². The summed E-state index contributed by atoms with van der Waals surface area (Å²) in [6, 6.07) is 3.86. The fraction of sp³-hybridized carbons (Fsp3) is 0.429. The molecule has 0 fully saturated rings. The molecular formula is C14H20N4O. The SMILES string of the molecule is CCCNc1cncc(N(CC)Cc2ccco2)n1. The summed E-state index contributed by atoms with van der Waals surface area (Å²) in [5.74, 6) is 2.60. The van der Waals surface area contributed by atoms with Crippen molar-refractivity contribution in [3.8, 4) is 0 Å². The van der Waals surface area contributed by atoms with Crippen LogP contribution in [0.1, 0.15) is 26.0 Å². The second-order valence-electron chi connectivity index (χ2n) is 4.28. The molecule has 2 aromatic rings. The number of hydrogen-bond acceptors (Lipinski definition) is 5. The van der Waals surface area contributed by atoms with Crippen molar-refractivity contribution in [2.24, 2.45) is 0 Å². The van der Waals surface area contributed by atoms with Gasteiger partial charge in [-0.2, -0.15) is 0 Å². The highest BCUT2D eigenvalue weighted by atomic mass is 16.3. The predicted molar refractivity (Wildman–Crippen MR) is 76.2 cm³/mol. The minimum absolute atomic E-state index is 0.704. The summed E-state index contributed by atoms with van der Waals surface area (Å²) >= 11 is 0. The molecule has 2 rings (SSSR count). The first-order chi connectivity index (χ1) is 9.33. The van der Waals surface area contributed by atoms with Gasteiger partial charge < -0.3 is 14.6 Å². The lowest BCUT2D eigenvalue weighted by molar-refractivity contribution is 0.503. The summed E-state index contributed by atoms with van der Waals surface area (Å²) in [7, 11) is 0. The summed E-state index contributed by atoms with van der Waals surface area (Å²) in [5.41, 5.74) is 0. The van der Waals surface area contributed by atoms with Crippen LogP contribution in [0.25, 0.3) is 0 Å². The van der Waals surface area contributed by atoms with Gasteiger partial charge >= 0.3 is 0 Å². The van der Waals surface area contributed by atoms with Gasteiger partial charge in [-0.3, -0.25) is 4.98 Å². The molecule has 2 aromatic heterocycles. The molecule has 0 saturated heterocycles. The minimum Gasteiger partial charge on any atom is -0.467 e. The molecule has 0 atom stereocenters. The van der Waals surface area contributed by atoms with Crippen molar-refractivity contribution in [1.29, 1.82) is 0 Å². The summed E-state index contributed by atoms with van der Waals surface area (Å²) < 4.78 is 5.38. The van der Waals surface area contributed by atoms with Gasteiger partial charge in [-0.1, -0.05) is 6.92 Å². The number of aromatic nitrogens is 2. The van der Waals surface area contributed by atoms with Gasteiger partial charge in [-0.25, -0.2) is 4.98 Å². The molecule has 19 heavy (non-hydrogen) atoms. The number of furan rings is 1. The van der Waals surface area contributed by atoms with E-state index in [2.05, 4.69) is 34.0 Å². The van der Waals surface area contributed by atoms with Crippen LogP contribution >= 0.6 is 0 Å². The van der Waals surface area contributed by atoms with Crippen molar-refractivity contribution in [3.63, 3.8) is 0 Å². The van der Waals surface area contributed by atoms with Crippen LogP contribution in [0, 0.1) is 0 Å². The molecule has 0 amide bonds. The summed E-state index contributed by atoms with van der Waals surface area (Å²) in [6.45, 7) is 6.68. The molecule has 0 spiro atoms. The maximum atomic E-state index is 5.38. The van der Waals surface area contributed by atoms with E-state index >= 15 is 0 Å². The number of hydrogen-bond donors (Lipinski definition) is 1. The molecule has 5 nitrogen and oxygen atoms in total. The van der Waals surface area contributed by atoms with Crippen molar-refractivity contribution in [2.45, 2.75) is 26.8 Å². The lowest BCUT2D eigenvalue weighted by Gasteiger charge is -2.20. The topological polar surface area (TPSA) is 54.2 Å². The Morgan fingerprint density at radius 1 is 1.32 bits per heavy atom. The highest BCUT2D eigenvalue weighted by molar-refractivity contribution is 5.43. The Kier molecular flexibility index (Phi) is 4.78. The molecule has 0 unspecified atom stereocenters. The molecule has 0 aliphatic rings. The van der Waals surface area contributed by atoms with E-state index < -0.39 is 0 Å². The maximum absolute atomic E-state index is 5.38. The first-order valence-corrected chi connectivity index (χ1v) is 6.66. The van der Waals surface area contributed by atoms with Crippen LogP contribution < -0.4 is 10.2 Å². The molecule has 0 bridgehead atoms. The Bertz CT molecular complexity index is 484. The van der Waals surface area contributed by atoms with Crippen molar-refractivity contribution in [1.82, 2.24) is 9.97 Å². The Hall–Kier alpha value is -2.04. The first-order valence-electron chi connectivity index (χ1n) is 6.66. The molecule has 102 valence electrons. The van der Waals surface area contributed by atoms with Gasteiger partial charge in [0.2, 0.25) is 0 Å². The lowest BCUT2D eigenvalue weighted by Crippen LogP contribution is -2.23. The van der Waals surface area contributed by atoms with Gasteiger partial charge in [0.15, 0.2) is 0 Å². The average Bonchev–Trinajstić information content (AvgIpc) is 2.96. The zero-order valence-electron chi connectivity index (χ0n) is 11.5. The van der Waals surface area contributed by atoms with E-state index in [4.69, 9.17) is 4.42 Å². The van der Waals surface area contributed by atoms with Crippen LogP contribution in [0.3, 0.4) is 0 Å². The van der Waals surface area contributed by atoms with Crippen LogP contribution in [-0.4, -0.2) is 23.1 Å². The van der Waals surface area contributed by atoms with Gasteiger partial charge in [0.05, 0.1) is 25.2 Å². The van der Waals surface area contributed by atoms with E-state index in [-0.39, 0.29) is 0 Å². The molecule has 0 aliphatic heterocycles. The van der Waals surface area contributed by atoms with Crippen molar-refractivity contribution in [3.05, 3.63) is 36.5 Å². The van der Waals surface area contributed by atoms with E-state index in [0.29, 0.717) is 6.54 Å². The van der Waals surface area contributed by atoms with E-state index in [1.807, 2.05) is 12.1 Å². The summed E-state index contributed by atoms with van der Waals surface area (Å²) in [4.78, 5) is 10.9. The quantitative estimate of drug-likeness (QED) is 0.829. The fourth-order valence-electron chi connectivity index (χ4n) is 1.79. The van der Waals surface area contributed by atoms with Gasteiger partial charge in [0.1, 0.15) is 17.4 Å². The second kappa shape index (κ2) is 6.78. The van der Waals surface area contributed by atoms with Crippen LogP contribution in [0.5, 0.6) is 0 Å². The van der Waals surface area contributed by atoms with E-state index in [1.165, 1.54) is 0 Å². The molecule has 0 aliphatic carbocycles. The Balaban J connectivity index is 2.09. The van der Waals surface area contributed by atoms with Gasteiger partial charge in [0, 0.05) is 13.1 Å². The number of rotatable bonds is 7. The molecule has 0 radical (unpaired) electrons. The highest BCUT2D eigenvalue weighted by Crippen LogP contribution is 2.15. The Labute approximate surface area is 113 Å². The molecule has 1 N–H and O–H groups in total. The van der Waals surface area contributed by atoms with Gasteiger partial charge in [-0.15, -0.1) is 0 Å². The Morgan fingerprint density at radius 2 is 2.21 bits per heavy atom. The standard InChI is InChI=1S/C14H20N4O/c1-3-7-16-13-9-15-10-14(17-13)18(4-2)11-12-6-5-8-19-12/h5-6,8-10H,3-4,7,11H2,1-2H3,(H,16,17). The highest BCUT2D eigenvalue weighted by Gasteiger charge is 2.09. The van der Waals surface area contributed by atoms with Gasteiger partial charge in [0.25, 0.3) is 0 Å². The predicted octanol–water partition coefficient (Wildman–Crippen LogP) is 2.92. The van der Waals surface area contributed by atoms with Crippen molar-refractivity contribution >= 4 is 11.6 Å². The first kappa shape index (κ1) is 13.4. The van der Waals surface area contributed by atoms with Crippen LogP contribution in [0.15, 0.2) is 35.2 Å².